The number of benzene rings is 2. The Morgan fingerprint density at radius 1 is 0.700 bits per heavy atom. The summed E-state index contributed by atoms with van der Waals surface area (Å²) in [6.45, 7) is 8.88. The molecule has 0 atom stereocenters. The molecule has 0 heterocycles. The van der Waals surface area contributed by atoms with Crippen molar-refractivity contribution in [1.29, 1.82) is 0 Å². The Bertz CT molecular complexity index is 534. The van der Waals surface area contributed by atoms with Crippen molar-refractivity contribution in [2.24, 2.45) is 0 Å². The second-order valence-corrected chi connectivity index (χ2v) is 7.15. The highest BCUT2D eigenvalue weighted by atomic mass is 33.1. The van der Waals surface area contributed by atoms with Gasteiger partial charge in [-0.3, -0.25) is 0 Å². The minimum absolute atomic E-state index is 1.10. The van der Waals surface area contributed by atoms with Gasteiger partial charge in [-0.2, -0.15) is 0 Å². The highest BCUT2D eigenvalue weighted by Gasteiger charge is 2.10. The van der Waals surface area contributed by atoms with E-state index < -0.39 is 0 Å². The van der Waals surface area contributed by atoms with Gasteiger partial charge < -0.3 is 0 Å². The van der Waals surface area contributed by atoms with Gasteiger partial charge in [0, 0.05) is 9.79 Å². The zero-order chi connectivity index (χ0) is 14.5. The summed E-state index contributed by atoms with van der Waals surface area (Å²) in [5.74, 6) is 0. The number of hydrogen-bond acceptors (Lipinski definition) is 2. The second kappa shape index (κ2) is 7.24. The van der Waals surface area contributed by atoms with Crippen LogP contribution in [0.15, 0.2) is 46.2 Å². The summed E-state index contributed by atoms with van der Waals surface area (Å²) in [5, 5.41) is 0. The predicted octanol–water partition coefficient (Wildman–Crippen LogP) is 6.23. The average Bonchev–Trinajstić information content (AvgIpc) is 2.46. The first-order valence-corrected chi connectivity index (χ1v) is 9.33. The summed E-state index contributed by atoms with van der Waals surface area (Å²) in [7, 11) is 3.82. The van der Waals surface area contributed by atoms with E-state index in [2.05, 4.69) is 64.1 Å². The first-order chi connectivity index (χ1) is 9.67. The van der Waals surface area contributed by atoms with E-state index in [9.17, 15) is 0 Å². The zero-order valence-electron chi connectivity index (χ0n) is 12.7. The van der Waals surface area contributed by atoms with Gasteiger partial charge in [0.05, 0.1) is 0 Å². The first-order valence-electron chi connectivity index (χ1n) is 7.18. The van der Waals surface area contributed by atoms with Gasteiger partial charge in [0.25, 0.3) is 0 Å². The quantitative estimate of drug-likeness (QED) is 0.601. The molecule has 106 valence electrons. The lowest BCUT2D eigenvalue weighted by molar-refractivity contribution is 1.06. The molecule has 0 unspecified atom stereocenters. The van der Waals surface area contributed by atoms with E-state index >= 15 is 0 Å². The average molecular weight is 303 g/mol. The van der Waals surface area contributed by atoms with E-state index in [1.165, 1.54) is 32.0 Å². The normalized spacial score (nSPS) is 10.8. The van der Waals surface area contributed by atoms with Crippen LogP contribution < -0.4 is 0 Å². The lowest BCUT2D eigenvalue weighted by Crippen LogP contribution is -1.90. The molecule has 0 spiro atoms. The lowest BCUT2D eigenvalue weighted by Gasteiger charge is -2.13. The largest absolute Gasteiger partial charge is 0.0617 e. The van der Waals surface area contributed by atoms with Gasteiger partial charge in [0.1, 0.15) is 0 Å². The van der Waals surface area contributed by atoms with Crippen LogP contribution in [0.3, 0.4) is 0 Å². The van der Waals surface area contributed by atoms with Gasteiger partial charge >= 0.3 is 0 Å². The van der Waals surface area contributed by atoms with Crippen molar-refractivity contribution in [2.75, 3.05) is 0 Å². The molecule has 2 rings (SSSR count). The van der Waals surface area contributed by atoms with E-state index in [-0.39, 0.29) is 0 Å². The Morgan fingerprint density at radius 3 is 1.45 bits per heavy atom. The molecule has 0 N–H and O–H groups in total. The molecule has 0 amide bonds. The van der Waals surface area contributed by atoms with Crippen LogP contribution >= 0.6 is 21.6 Å². The smallest absolute Gasteiger partial charge is 0.0247 e. The first kappa shape index (κ1) is 15.5. The van der Waals surface area contributed by atoms with E-state index in [4.69, 9.17) is 0 Å². The molecule has 0 aliphatic carbocycles. The standard InChI is InChI=1S/C18H22S2/c1-5-15-11-7-9-13(3)17(15)19-20-18-14(4)10-8-12-16(18)6-2/h7-12H,5-6H2,1-4H3. The van der Waals surface area contributed by atoms with Crippen LogP contribution in [0.4, 0.5) is 0 Å². The van der Waals surface area contributed by atoms with Crippen LogP contribution in [-0.2, 0) is 12.8 Å². The molecular weight excluding hydrogens is 280 g/mol. The summed E-state index contributed by atoms with van der Waals surface area (Å²) in [4.78, 5) is 2.87. The fraction of sp³-hybridized carbons (Fsp3) is 0.333. The molecule has 0 fully saturated rings. The minimum atomic E-state index is 1.10. The van der Waals surface area contributed by atoms with Crippen molar-refractivity contribution in [2.45, 2.75) is 50.3 Å². The fourth-order valence-electron chi connectivity index (χ4n) is 2.31. The van der Waals surface area contributed by atoms with Crippen LogP contribution in [0, 0.1) is 13.8 Å². The highest BCUT2D eigenvalue weighted by Crippen LogP contribution is 2.43. The molecule has 0 aliphatic heterocycles. The monoisotopic (exact) mass is 302 g/mol. The van der Waals surface area contributed by atoms with Crippen molar-refractivity contribution < 1.29 is 0 Å². The van der Waals surface area contributed by atoms with Crippen molar-refractivity contribution >= 4 is 21.6 Å². The van der Waals surface area contributed by atoms with Crippen molar-refractivity contribution in [3.8, 4) is 0 Å². The fourth-order valence-corrected chi connectivity index (χ4v) is 5.44. The molecule has 0 nitrogen and oxygen atoms in total. The third-order valence-electron chi connectivity index (χ3n) is 3.56. The SMILES string of the molecule is CCc1cccc(C)c1SSc1c(C)cccc1CC. The Labute approximate surface area is 130 Å². The van der Waals surface area contributed by atoms with Crippen LogP contribution in [0.2, 0.25) is 0 Å². The molecule has 2 heteroatoms. The van der Waals surface area contributed by atoms with Crippen molar-refractivity contribution in [1.82, 2.24) is 0 Å². The maximum Gasteiger partial charge on any atom is 0.0247 e. The van der Waals surface area contributed by atoms with Crippen molar-refractivity contribution in [3.05, 3.63) is 58.7 Å². The predicted molar refractivity (Wildman–Crippen MR) is 92.8 cm³/mol. The zero-order valence-corrected chi connectivity index (χ0v) is 14.3. The van der Waals surface area contributed by atoms with E-state index in [1.54, 1.807) is 0 Å². The summed E-state index contributed by atoms with van der Waals surface area (Å²) >= 11 is 0. The van der Waals surface area contributed by atoms with Gasteiger partial charge in [0.2, 0.25) is 0 Å². The van der Waals surface area contributed by atoms with Gasteiger partial charge in [-0.15, -0.1) is 0 Å². The van der Waals surface area contributed by atoms with Gasteiger partial charge in [0.15, 0.2) is 0 Å². The van der Waals surface area contributed by atoms with Gasteiger partial charge in [-0.1, -0.05) is 71.8 Å². The van der Waals surface area contributed by atoms with Crippen LogP contribution in [0.25, 0.3) is 0 Å². The number of aryl methyl sites for hydroxylation is 4. The Balaban J connectivity index is 2.26. The summed E-state index contributed by atoms with van der Waals surface area (Å²) in [6.07, 6.45) is 2.19. The Hall–Kier alpha value is -0.860. The van der Waals surface area contributed by atoms with Crippen molar-refractivity contribution in [3.63, 3.8) is 0 Å². The third kappa shape index (κ3) is 3.42. The maximum atomic E-state index is 2.24. The van der Waals surface area contributed by atoms with E-state index in [1.807, 2.05) is 21.6 Å². The molecule has 20 heavy (non-hydrogen) atoms. The highest BCUT2D eigenvalue weighted by molar-refractivity contribution is 8.76. The molecule has 2 aromatic rings. The minimum Gasteiger partial charge on any atom is -0.0617 e. The third-order valence-corrected chi connectivity index (χ3v) is 6.39. The van der Waals surface area contributed by atoms with E-state index in [0.717, 1.165) is 12.8 Å². The lowest BCUT2D eigenvalue weighted by atomic mass is 10.1. The summed E-state index contributed by atoms with van der Waals surface area (Å²) in [5.41, 5.74) is 5.67. The molecule has 0 saturated heterocycles. The Morgan fingerprint density at radius 2 is 1.10 bits per heavy atom. The summed E-state index contributed by atoms with van der Waals surface area (Å²) < 4.78 is 0. The molecule has 0 radical (unpaired) electrons. The Kier molecular flexibility index (Phi) is 5.62. The topological polar surface area (TPSA) is 0 Å². The number of rotatable bonds is 5. The van der Waals surface area contributed by atoms with Gasteiger partial charge in [-0.05, 0) is 48.9 Å². The summed E-state index contributed by atoms with van der Waals surface area (Å²) in [6, 6.07) is 13.2. The molecule has 0 aliphatic rings. The van der Waals surface area contributed by atoms with E-state index in [0.29, 0.717) is 0 Å². The molecule has 2 aromatic carbocycles. The van der Waals surface area contributed by atoms with Crippen LogP contribution in [0.5, 0.6) is 0 Å². The molecule has 0 aromatic heterocycles. The van der Waals surface area contributed by atoms with Crippen LogP contribution in [-0.4, -0.2) is 0 Å². The number of hydrogen-bond donors (Lipinski definition) is 0. The van der Waals surface area contributed by atoms with Crippen LogP contribution in [0.1, 0.15) is 36.1 Å². The molecular formula is C18H22S2. The second-order valence-electron chi connectivity index (χ2n) is 5.00. The van der Waals surface area contributed by atoms with Gasteiger partial charge in [-0.25, -0.2) is 0 Å². The maximum absolute atomic E-state index is 2.24. The molecule has 0 bridgehead atoms. The molecule has 0 saturated carbocycles.